The van der Waals surface area contributed by atoms with E-state index in [0.29, 0.717) is 38.9 Å². The van der Waals surface area contributed by atoms with E-state index in [1.807, 2.05) is 72.8 Å². The van der Waals surface area contributed by atoms with Crippen molar-refractivity contribution < 1.29 is 14.3 Å². The van der Waals surface area contributed by atoms with Crippen LogP contribution in [0.25, 0.3) is 11.8 Å². The van der Waals surface area contributed by atoms with Crippen molar-refractivity contribution in [2.75, 3.05) is 13.2 Å². The second kappa shape index (κ2) is 13.6. The van der Waals surface area contributed by atoms with Gasteiger partial charge >= 0.3 is 5.97 Å². The molecule has 220 valence electrons. The number of hydrogen-bond acceptors (Lipinski definition) is 6. The van der Waals surface area contributed by atoms with Crippen LogP contribution >= 0.6 is 49.9 Å². The van der Waals surface area contributed by atoms with Gasteiger partial charge in [0.1, 0.15) is 12.4 Å². The minimum absolute atomic E-state index is 0.197. The molecule has 2 heterocycles. The Balaban J connectivity index is 1.81. The third-order valence-electron chi connectivity index (χ3n) is 6.96. The minimum Gasteiger partial charge on any atom is -0.488 e. The molecule has 0 saturated heterocycles. The number of carbonyl (C=O) groups is 1. The van der Waals surface area contributed by atoms with E-state index >= 15 is 0 Å². The van der Waals surface area contributed by atoms with Gasteiger partial charge in [0.25, 0.3) is 5.56 Å². The van der Waals surface area contributed by atoms with Gasteiger partial charge in [-0.3, -0.25) is 9.36 Å². The molecule has 0 spiro atoms. The number of fused-ring (bicyclic) bond motifs is 1. The summed E-state index contributed by atoms with van der Waals surface area (Å²) in [5.74, 6) is 0.494. The number of carbonyl (C=O) groups excluding carboxylic acids is 1. The van der Waals surface area contributed by atoms with Crippen molar-refractivity contribution in [1.29, 1.82) is 0 Å². The molecule has 6 nitrogen and oxygen atoms in total. The summed E-state index contributed by atoms with van der Waals surface area (Å²) in [6, 6.07) is 20.8. The summed E-state index contributed by atoms with van der Waals surface area (Å²) in [4.78, 5) is 33.4. The quantitative estimate of drug-likeness (QED) is 0.105. The van der Waals surface area contributed by atoms with E-state index in [1.54, 1.807) is 17.6 Å². The average Bonchev–Trinajstić information content (AvgIpc) is 3.30. The molecule has 1 aliphatic rings. The van der Waals surface area contributed by atoms with E-state index in [0.717, 1.165) is 30.3 Å². The Kier molecular flexibility index (Phi) is 9.83. The van der Waals surface area contributed by atoms with Crippen molar-refractivity contribution in [3.8, 4) is 5.75 Å². The van der Waals surface area contributed by atoms with Gasteiger partial charge in [-0.05, 0) is 64.8 Å². The third kappa shape index (κ3) is 6.49. The van der Waals surface area contributed by atoms with Crippen LogP contribution in [0.1, 0.15) is 55.0 Å². The number of aromatic nitrogens is 1. The van der Waals surface area contributed by atoms with Crippen LogP contribution in [-0.2, 0) is 9.53 Å². The van der Waals surface area contributed by atoms with Gasteiger partial charge in [-0.1, -0.05) is 108 Å². The Labute approximate surface area is 276 Å². The molecule has 0 N–H and O–H groups in total. The van der Waals surface area contributed by atoms with Crippen molar-refractivity contribution in [1.82, 2.24) is 4.57 Å². The molecule has 5 rings (SSSR count). The summed E-state index contributed by atoms with van der Waals surface area (Å²) in [6.45, 7) is 10.3. The smallest absolute Gasteiger partial charge is 0.338 e. The molecule has 0 radical (unpaired) electrons. The highest BCUT2D eigenvalue weighted by molar-refractivity contribution is 14.1. The first-order valence-corrected chi connectivity index (χ1v) is 16.5. The summed E-state index contributed by atoms with van der Waals surface area (Å²) < 4.78 is 15.4. The Morgan fingerprint density at radius 3 is 2.53 bits per heavy atom. The largest absolute Gasteiger partial charge is 0.488 e. The SMILES string of the molecule is C=CCOc1c(I)cc(Br)cc1/C=c1\sc2n(c1=O)[C@H](c1ccc(C(C)C)cc1)C(C(=O)OCC)=C(c1ccccc1)N=2. The maximum atomic E-state index is 14.3. The predicted molar refractivity (Wildman–Crippen MR) is 184 cm³/mol. The summed E-state index contributed by atoms with van der Waals surface area (Å²) >= 11 is 7.08. The van der Waals surface area contributed by atoms with Crippen LogP contribution in [0.3, 0.4) is 0 Å². The van der Waals surface area contributed by atoms with Crippen molar-refractivity contribution in [3.05, 3.63) is 135 Å². The highest BCUT2D eigenvalue weighted by atomic mass is 127. The van der Waals surface area contributed by atoms with Crippen LogP contribution in [0, 0.1) is 3.57 Å². The molecule has 0 amide bonds. The fourth-order valence-corrected chi connectivity index (χ4v) is 7.64. The van der Waals surface area contributed by atoms with Crippen molar-refractivity contribution in [2.24, 2.45) is 4.99 Å². The second-order valence-corrected chi connectivity index (χ2v) is 13.2. The first-order chi connectivity index (χ1) is 20.7. The van der Waals surface area contributed by atoms with Gasteiger partial charge < -0.3 is 9.47 Å². The van der Waals surface area contributed by atoms with Crippen LogP contribution in [0.2, 0.25) is 0 Å². The maximum absolute atomic E-state index is 14.3. The van der Waals surface area contributed by atoms with E-state index < -0.39 is 12.0 Å². The van der Waals surface area contributed by atoms with E-state index in [4.69, 9.17) is 14.5 Å². The molecule has 0 unspecified atom stereocenters. The Hall–Kier alpha value is -3.28. The molecule has 1 aromatic heterocycles. The lowest BCUT2D eigenvalue weighted by Gasteiger charge is -2.26. The fraction of sp³-hybridized carbons (Fsp3) is 0.206. The second-order valence-electron chi connectivity index (χ2n) is 10.2. The number of nitrogens with zero attached hydrogens (tertiary/aromatic N) is 2. The maximum Gasteiger partial charge on any atom is 0.338 e. The molecule has 43 heavy (non-hydrogen) atoms. The summed E-state index contributed by atoms with van der Waals surface area (Å²) in [5.41, 5.74) is 4.06. The fourth-order valence-electron chi connectivity index (χ4n) is 4.94. The van der Waals surface area contributed by atoms with E-state index in [1.165, 1.54) is 11.3 Å². The highest BCUT2D eigenvalue weighted by Crippen LogP contribution is 2.36. The van der Waals surface area contributed by atoms with Crippen LogP contribution in [-0.4, -0.2) is 23.8 Å². The van der Waals surface area contributed by atoms with Crippen molar-refractivity contribution in [2.45, 2.75) is 32.7 Å². The Morgan fingerprint density at radius 2 is 1.88 bits per heavy atom. The molecule has 1 aliphatic heterocycles. The summed E-state index contributed by atoms with van der Waals surface area (Å²) in [7, 11) is 0. The van der Waals surface area contributed by atoms with Gasteiger partial charge in [0.2, 0.25) is 0 Å². The lowest BCUT2D eigenvalue weighted by atomic mass is 9.91. The monoisotopic (exact) mass is 768 g/mol. The zero-order chi connectivity index (χ0) is 30.7. The molecule has 1 atom stereocenters. The average molecular weight is 769 g/mol. The molecule has 0 fully saturated rings. The first kappa shape index (κ1) is 31.2. The standard InChI is InChI=1S/C34H30BrIN2O4S/c1-5-16-42-31-24(17-25(35)19-26(31)36)18-27-32(39)38-30(23-14-12-21(13-15-23)20(3)4)28(33(40)41-6-2)29(37-34(38)43-27)22-10-8-7-9-11-22/h5,7-15,17-20,30H,1,6,16H2,2-4H3/b27-18-/t30-/m1/s1. The Bertz CT molecular complexity index is 1890. The number of esters is 1. The first-order valence-electron chi connectivity index (χ1n) is 13.8. The molecule has 9 heteroatoms. The van der Waals surface area contributed by atoms with Crippen molar-refractivity contribution >= 4 is 67.6 Å². The highest BCUT2D eigenvalue weighted by Gasteiger charge is 2.35. The summed E-state index contributed by atoms with van der Waals surface area (Å²) in [5, 5.41) is 0. The number of thiazole rings is 1. The zero-order valence-corrected chi connectivity index (χ0v) is 28.5. The normalized spacial score (nSPS) is 14.8. The van der Waals surface area contributed by atoms with Gasteiger partial charge in [-0.2, -0.15) is 0 Å². The molecule has 0 saturated carbocycles. The van der Waals surface area contributed by atoms with Crippen LogP contribution in [0.4, 0.5) is 0 Å². The lowest BCUT2D eigenvalue weighted by molar-refractivity contribution is -0.138. The molecular formula is C34H30BrIN2O4S. The van der Waals surface area contributed by atoms with Crippen molar-refractivity contribution in [3.63, 3.8) is 0 Å². The topological polar surface area (TPSA) is 69.9 Å². The zero-order valence-electron chi connectivity index (χ0n) is 24.0. The number of ether oxygens (including phenoxy) is 2. The van der Waals surface area contributed by atoms with Gasteiger partial charge in [-0.25, -0.2) is 9.79 Å². The van der Waals surface area contributed by atoms with E-state index in [2.05, 4.69) is 58.9 Å². The lowest BCUT2D eigenvalue weighted by Crippen LogP contribution is -2.40. The molecule has 0 bridgehead atoms. The number of benzene rings is 3. The molecular weight excluding hydrogens is 739 g/mol. The van der Waals surface area contributed by atoms with Crippen LogP contribution < -0.4 is 19.6 Å². The molecule has 3 aromatic carbocycles. The van der Waals surface area contributed by atoms with Crippen LogP contribution in [0.5, 0.6) is 5.75 Å². The summed E-state index contributed by atoms with van der Waals surface area (Å²) in [6.07, 6.45) is 3.51. The van der Waals surface area contributed by atoms with E-state index in [9.17, 15) is 9.59 Å². The van der Waals surface area contributed by atoms with Crippen LogP contribution in [0.15, 0.2) is 99.2 Å². The molecule has 0 aliphatic carbocycles. The molecule has 4 aromatic rings. The third-order valence-corrected chi connectivity index (χ3v) is 9.20. The minimum atomic E-state index is -0.729. The number of rotatable bonds is 9. The Morgan fingerprint density at radius 1 is 1.16 bits per heavy atom. The van der Waals surface area contributed by atoms with Gasteiger partial charge in [0.15, 0.2) is 4.80 Å². The van der Waals surface area contributed by atoms with Gasteiger partial charge in [0, 0.05) is 15.6 Å². The number of halogens is 2. The number of hydrogen-bond donors (Lipinski definition) is 0. The van der Waals surface area contributed by atoms with Gasteiger partial charge in [-0.15, -0.1) is 0 Å². The van der Waals surface area contributed by atoms with Gasteiger partial charge in [0.05, 0.1) is 32.0 Å². The van der Waals surface area contributed by atoms with E-state index in [-0.39, 0.29) is 12.2 Å². The predicted octanol–water partition coefficient (Wildman–Crippen LogP) is 6.99.